The van der Waals surface area contributed by atoms with Crippen molar-refractivity contribution in [2.24, 2.45) is 16.6 Å². The highest BCUT2D eigenvalue weighted by Crippen LogP contribution is 2.33. The summed E-state index contributed by atoms with van der Waals surface area (Å²) in [6.45, 7) is 4.86. The summed E-state index contributed by atoms with van der Waals surface area (Å²) in [5.41, 5.74) is 12.5. The van der Waals surface area contributed by atoms with Crippen molar-refractivity contribution in [3.63, 3.8) is 0 Å². The molecule has 0 saturated carbocycles. The average molecular weight is 391 g/mol. The van der Waals surface area contributed by atoms with Gasteiger partial charge in [0.2, 0.25) is 5.96 Å². The number of rotatable bonds is 10. The van der Waals surface area contributed by atoms with E-state index in [2.05, 4.69) is 5.16 Å². The van der Waals surface area contributed by atoms with E-state index in [0.29, 0.717) is 25.4 Å². The summed E-state index contributed by atoms with van der Waals surface area (Å²) in [6, 6.07) is 11.7. The first-order valence-electron chi connectivity index (χ1n) is 8.42. The minimum Gasteiger partial charge on any atom is -0.495 e. The molecular formula is C19H25N3O4S. The van der Waals surface area contributed by atoms with Gasteiger partial charge in [0.25, 0.3) is 0 Å². The summed E-state index contributed by atoms with van der Waals surface area (Å²) >= 11 is 1.25. The van der Waals surface area contributed by atoms with Crippen LogP contribution >= 0.6 is 12.0 Å². The molecule has 2 aromatic rings. The molecule has 0 spiro atoms. The number of ether oxygens (including phenoxy) is 2. The first kappa shape index (κ1) is 20.6. The second-order valence-corrected chi connectivity index (χ2v) is 6.63. The van der Waals surface area contributed by atoms with Crippen LogP contribution in [0.5, 0.6) is 17.2 Å². The maximum atomic E-state index is 5.87. The Balaban J connectivity index is 1.91. The molecule has 0 saturated heterocycles. The molecule has 2 rings (SSSR count). The summed E-state index contributed by atoms with van der Waals surface area (Å²) in [5.74, 6) is 2.11. The number of oxime groups is 1. The Labute approximate surface area is 163 Å². The predicted octanol–water partition coefficient (Wildman–Crippen LogP) is 3.37. The van der Waals surface area contributed by atoms with Gasteiger partial charge in [0.1, 0.15) is 23.9 Å². The van der Waals surface area contributed by atoms with Crippen LogP contribution in [-0.2, 0) is 4.84 Å². The molecule has 0 amide bonds. The Kier molecular flexibility index (Phi) is 7.94. The normalized spacial score (nSPS) is 10.2. The van der Waals surface area contributed by atoms with Crippen molar-refractivity contribution in [3.05, 3.63) is 47.5 Å². The highest BCUT2D eigenvalue weighted by Gasteiger charge is 2.08. The average Bonchev–Trinajstić information content (AvgIpc) is 2.62. The molecule has 0 aliphatic carbocycles. The molecule has 0 unspecified atom stereocenters. The van der Waals surface area contributed by atoms with Gasteiger partial charge in [-0.25, -0.2) is 0 Å². The van der Waals surface area contributed by atoms with Gasteiger partial charge in [-0.2, -0.15) is 0 Å². The molecule has 0 atom stereocenters. The van der Waals surface area contributed by atoms with Crippen LogP contribution in [0.3, 0.4) is 0 Å². The standard InChI is InChI=1S/C19H25N3O4S/c1-13-5-6-17(23-3)18(11-13)27-26-16-10-14(2)9-15(12-16)24-7-4-8-25-22-19(20)21/h5-6,9-12H,4,7-8H2,1-3H3,(H4,20,21,22). The zero-order valence-corrected chi connectivity index (χ0v) is 16.5. The number of hydrogen-bond donors (Lipinski definition) is 2. The van der Waals surface area contributed by atoms with Crippen LogP contribution in [0.25, 0.3) is 0 Å². The minimum atomic E-state index is -0.0980. The molecule has 0 heterocycles. The van der Waals surface area contributed by atoms with E-state index in [1.807, 2.05) is 50.2 Å². The topological polar surface area (TPSA) is 101 Å². The number of guanidine groups is 1. The third-order valence-electron chi connectivity index (χ3n) is 3.39. The van der Waals surface area contributed by atoms with Gasteiger partial charge in [-0.3, -0.25) is 0 Å². The van der Waals surface area contributed by atoms with Gasteiger partial charge in [0.15, 0.2) is 0 Å². The molecule has 0 aliphatic heterocycles. The second kappa shape index (κ2) is 10.4. The SMILES string of the molecule is COc1ccc(C)cc1SOc1cc(C)cc(OCCCON=C(N)N)c1. The molecule has 7 nitrogen and oxygen atoms in total. The zero-order chi connectivity index (χ0) is 19.6. The Hall–Kier alpha value is -2.74. The third-order valence-corrected chi connectivity index (χ3v) is 4.16. The monoisotopic (exact) mass is 391 g/mol. The Morgan fingerprint density at radius 1 is 1.00 bits per heavy atom. The summed E-state index contributed by atoms with van der Waals surface area (Å²) in [4.78, 5) is 5.83. The highest BCUT2D eigenvalue weighted by molar-refractivity contribution is 7.95. The lowest BCUT2D eigenvalue weighted by atomic mass is 10.2. The van der Waals surface area contributed by atoms with Crippen LogP contribution in [0, 0.1) is 13.8 Å². The van der Waals surface area contributed by atoms with Crippen LogP contribution in [-0.4, -0.2) is 26.3 Å². The van der Waals surface area contributed by atoms with E-state index < -0.39 is 0 Å². The smallest absolute Gasteiger partial charge is 0.228 e. The minimum absolute atomic E-state index is 0.0980. The Bertz CT molecular complexity index is 780. The number of benzene rings is 2. The Morgan fingerprint density at radius 3 is 2.52 bits per heavy atom. The van der Waals surface area contributed by atoms with E-state index in [1.54, 1.807) is 7.11 Å². The lowest BCUT2D eigenvalue weighted by molar-refractivity contribution is 0.127. The molecule has 2 aromatic carbocycles. The molecule has 146 valence electrons. The fourth-order valence-electron chi connectivity index (χ4n) is 2.22. The van der Waals surface area contributed by atoms with Crippen molar-refractivity contribution in [1.82, 2.24) is 0 Å². The van der Waals surface area contributed by atoms with Crippen molar-refractivity contribution in [3.8, 4) is 17.2 Å². The van der Waals surface area contributed by atoms with Crippen LogP contribution in [0.2, 0.25) is 0 Å². The van der Waals surface area contributed by atoms with Crippen LogP contribution in [0.15, 0.2) is 46.4 Å². The molecule has 0 aliphatic rings. The molecule has 0 bridgehead atoms. The highest BCUT2D eigenvalue weighted by atomic mass is 32.2. The number of aryl methyl sites for hydroxylation is 2. The molecule has 0 fully saturated rings. The number of hydrogen-bond acceptors (Lipinski definition) is 6. The number of nitrogens with two attached hydrogens (primary N) is 2. The van der Waals surface area contributed by atoms with E-state index in [9.17, 15) is 0 Å². The summed E-state index contributed by atoms with van der Waals surface area (Å²) in [7, 11) is 1.64. The van der Waals surface area contributed by atoms with E-state index in [-0.39, 0.29) is 5.96 Å². The van der Waals surface area contributed by atoms with Gasteiger partial charge in [0, 0.05) is 12.5 Å². The largest absolute Gasteiger partial charge is 0.495 e. The van der Waals surface area contributed by atoms with E-state index >= 15 is 0 Å². The van der Waals surface area contributed by atoms with Gasteiger partial charge in [-0.1, -0.05) is 6.07 Å². The fraction of sp³-hybridized carbons (Fsp3) is 0.316. The van der Waals surface area contributed by atoms with Crippen molar-refractivity contribution in [1.29, 1.82) is 0 Å². The summed E-state index contributed by atoms with van der Waals surface area (Å²) < 4.78 is 17.0. The predicted molar refractivity (Wildman–Crippen MR) is 107 cm³/mol. The quantitative estimate of drug-likeness (QED) is 0.210. The molecule has 27 heavy (non-hydrogen) atoms. The van der Waals surface area contributed by atoms with Crippen molar-refractivity contribution >= 4 is 18.0 Å². The lowest BCUT2D eigenvalue weighted by Crippen LogP contribution is -2.23. The van der Waals surface area contributed by atoms with Crippen molar-refractivity contribution in [2.45, 2.75) is 25.2 Å². The molecule has 0 aromatic heterocycles. The maximum Gasteiger partial charge on any atom is 0.228 e. The fourth-order valence-corrected chi connectivity index (χ4v) is 2.97. The summed E-state index contributed by atoms with van der Waals surface area (Å²) in [5, 5.41) is 3.45. The lowest BCUT2D eigenvalue weighted by Gasteiger charge is -2.12. The van der Waals surface area contributed by atoms with E-state index in [0.717, 1.165) is 27.5 Å². The van der Waals surface area contributed by atoms with Gasteiger partial charge in [-0.05, 0) is 54.4 Å². The van der Waals surface area contributed by atoms with Gasteiger partial charge in [0.05, 0.1) is 30.7 Å². The second-order valence-electron chi connectivity index (χ2n) is 5.85. The van der Waals surface area contributed by atoms with E-state index in [4.69, 9.17) is 30.0 Å². The van der Waals surface area contributed by atoms with Crippen LogP contribution in [0.1, 0.15) is 17.5 Å². The zero-order valence-electron chi connectivity index (χ0n) is 15.7. The van der Waals surface area contributed by atoms with Gasteiger partial charge >= 0.3 is 0 Å². The first-order valence-corrected chi connectivity index (χ1v) is 9.16. The molecular weight excluding hydrogens is 366 g/mol. The molecule has 8 heteroatoms. The third kappa shape index (κ3) is 7.18. The number of methoxy groups -OCH3 is 1. The van der Waals surface area contributed by atoms with Crippen molar-refractivity contribution < 1.29 is 18.5 Å². The number of nitrogens with zero attached hydrogens (tertiary/aromatic N) is 1. The Morgan fingerprint density at radius 2 is 1.78 bits per heavy atom. The maximum absolute atomic E-state index is 5.87. The van der Waals surface area contributed by atoms with Crippen LogP contribution < -0.4 is 25.1 Å². The molecule has 4 N–H and O–H groups in total. The molecule has 0 radical (unpaired) electrons. The van der Waals surface area contributed by atoms with Gasteiger partial charge in [-0.15, -0.1) is 0 Å². The van der Waals surface area contributed by atoms with Gasteiger partial charge < -0.3 is 30.0 Å². The summed E-state index contributed by atoms with van der Waals surface area (Å²) in [6.07, 6.45) is 0.649. The van der Waals surface area contributed by atoms with Crippen molar-refractivity contribution in [2.75, 3.05) is 20.3 Å². The first-order chi connectivity index (χ1) is 13.0. The van der Waals surface area contributed by atoms with E-state index in [1.165, 1.54) is 12.0 Å². The van der Waals surface area contributed by atoms with Crippen LogP contribution in [0.4, 0.5) is 0 Å².